The zero-order valence-corrected chi connectivity index (χ0v) is 19.3. The summed E-state index contributed by atoms with van der Waals surface area (Å²) in [6, 6.07) is -5.13. The molecule has 0 radical (unpaired) electrons. The molecule has 9 N–H and O–H groups in total. The second-order valence-corrected chi connectivity index (χ2v) is 8.52. The van der Waals surface area contributed by atoms with Crippen LogP contribution in [0.15, 0.2) is 0 Å². The Morgan fingerprint density at radius 1 is 0.788 bits per heavy atom. The third-order valence-electron chi connectivity index (χ3n) is 4.67. The summed E-state index contributed by atoms with van der Waals surface area (Å²) >= 11 is 0. The fraction of sp³-hybridized carbons (Fsp3) is 0.700. The SMILES string of the molecule is CC(C)CC(NC(=O)C(N)C(C)C)C(=O)NC(CC(=O)O)C(=O)NC(CCC(N)=O)C(=O)O. The molecule has 0 rings (SSSR count). The summed E-state index contributed by atoms with van der Waals surface area (Å²) in [7, 11) is 0. The van der Waals surface area contributed by atoms with Gasteiger partial charge >= 0.3 is 11.9 Å². The summed E-state index contributed by atoms with van der Waals surface area (Å²) in [4.78, 5) is 71.2. The van der Waals surface area contributed by atoms with Crippen molar-refractivity contribution in [2.45, 2.75) is 77.5 Å². The molecule has 13 heteroatoms. The lowest BCUT2D eigenvalue weighted by atomic mass is 10.00. The molecular weight excluding hydrogens is 438 g/mol. The van der Waals surface area contributed by atoms with E-state index in [1.165, 1.54) is 0 Å². The van der Waals surface area contributed by atoms with Gasteiger partial charge in [-0.2, -0.15) is 0 Å². The molecule has 0 fully saturated rings. The maximum Gasteiger partial charge on any atom is 0.326 e. The number of primary amides is 1. The second-order valence-electron chi connectivity index (χ2n) is 8.52. The van der Waals surface area contributed by atoms with Gasteiger partial charge in [0.05, 0.1) is 12.5 Å². The standard InChI is InChI=1S/C20H35N5O8/c1-9(2)7-12(25-19(31)16(22)10(3)4)17(29)24-13(8-15(27)28)18(30)23-11(20(32)33)5-6-14(21)26/h9-13,16H,5-8,22H2,1-4H3,(H2,21,26)(H,23,30)(H,24,29)(H,25,31)(H,27,28)(H,32,33). The van der Waals surface area contributed by atoms with Crippen molar-refractivity contribution in [3.63, 3.8) is 0 Å². The molecule has 13 nitrogen and oxygen atoms in total. The third-order valence-corrected chi connectivity index (χ3v) is 4.67. The molecule has 0 aliphatic carbocycles. The number of hydrogen-bond donors (Lipinski definition) is 7. The normalized spacial score (nSPS) is 14.6. The predicted molar refractivity (Wildman–Crippen MR) is 116 cm³/mol. The molecule has 0 spiro atoms. The van der Waals surface area contributed by atoms with Crippen LogP contribution >= 0.6 is 0 Å². The van der Waals surface area contributed by atoms with E-state index >= 15 is 0 Å². The van der Waals surface area contributed by atoms with E-state index < -0.39 is 66.2 Å². The lowest BCUT2D eigenvalue weighted by Crippen LogP contribution is -2.58. The van der Waals surface area contributed by atoms with Gasteiger partial charge in [0.1, 0.15) is 18.1 Å². The first-order valence-corrected chi connectivity index (χ1v) is 10.5. The third kappa shape index (κ3) is 11.8. The van der Waals surface area contributed by atoms with Gasteiger partial charge in [-0.15, -0.1) is 0 Å². The van der Waals surface area contributed by atoms with E-state index in [0.717, 1.165) is 0 Å². The van der Waals surface area contributed by atoms with E-state index in [2.05, 4.69) is 16.0 Å². The average molecular weight is 474 g/mol. The Bertz CT molecular complexity index is 740. The lowest BCUT2D eigenvalue weighted by Gasteiger charge is -2.26. The molecule has 0 aliphatic rings. The second kappa shape index (κ2) is 14.0. The van der Waals surface area contributed by atoms with Crippen molar-refractivity contribution >= 4 is 35.6 Å². The van der Waals surface area contributed by atoms with E-state index in [9.17, 15) is 33.9 Å². The summed E-state index contributed by atoms with van der Waals surface area (Å²) in [5, 5.41) is 25.3. The lowest BCUT2D eigenvalue weighted by molar-refractivity contribution is -0.144. The Hall–Kier alpha value is -3.22. The zero-order chi connectivity index (χ0) is 25.9. The monoisotopic (exact) mass is 473 g/mol. The highest BCUT2D eigenvalue weighted by Gasteiger charge is 2.32. The smallest absolute Gasteiger partial charge is 0.326 e. The van der Waals surface area contributed by atoms with E-state index in [1.54, 1.807) is 27.7 Å². The van der Waals surface area contributed by atoms with Crippen molar-refractivity contribution in [1.29, 1.82) is 0 Å². The van der Waals surface area contributed by atoms with Crippen LogP contribution in [0, 0.1) is 11.8 Å². The van der Waals surface area contributed by atoms with Crippen LogP contribution in [0.2, 0.25) is 0 Å². The van der Waals surface area contributed by atoms with E-state index in [0.29, 0.717) is 0 Å². The average Bonchev–Trinajstić information content (AvgIpc) is 2.67. The molecule has 188 valence electrons. The number of hydrogen-bond acceptors (Lipinski definition) is 7. The number of carboxylic acid groups (broad SMARTS) is 2. The highest BCUT2D eigenvalue weighted by molar-refractivity contribution is 5.95. The number of rotatable bonds is 15. The number of aliphatic carboxylic acids is 2. The van der Waals surface area contributed by atoms with Gasteiger partial charge < -0.3 is 37.6 Å². The fourth-order valence-electron chi connectivity index (χ4n) is 2.75. The zero-order valence-electron chi connectivity index (χ0n) is 19.3. The van der Waals surface area contributed by atoms with Crippen molar-refractivity contribution < 1.29 is 39.0 Å². The summed E-state index contributed by atoms with van der Waals surface area (Å²) in [6.07, 6.45) is -1.30. The summed E-state index contributed by atoms with van der Waals surface area (Å²) in [6.45, 7) is 7.05. The highest BCUT2D eigenvalue weighted by atomic mass is 16.4. The minimum atomic E-state index is -1.63. The maximum absolute atomic E-state index is 12.8. The molecule has 33 heavy (non-hydrogen) atoms. The van der Waals surface area contributed by atoms with Gasteiger partial charge in [0, 0.05) is 6.42 Å². The highest BCUT2D eigenvalue weighted by Crippen LogP contribution is 2.08. The number of carbonyl (C=O) groups excluding carboxylic acids is 4. The van der Waals surface area contributed by atoms with Crippen molar-refractivity contribution in [3.8, 4) is 0 Å². The number of carboxylic acids is 2. The summed E-state index contributed by atoms with van der Waals surface area (Å²) in [5.41, 5.74) is 10.8. The molecule has 0 aliphatic heterocycles. The van der Waals surface area contributed by atoms with E-state index in [1.807, 2.05) is 0 Å². The number of nitrogens with two attached hydrogens (primary N) is 2. The summed E-state index contributed by atoms with van der Waals surface area (Å²) < 4.78 is 0. The minimum Gasteiger partial charge on any atom is -0.481 e. The number of carbonyl (C=O) groups is 6. The molecular formula is C20H35N5O8. The first-order chi connectivity index (χ1) is 15.1. The van der Waals surface area contributed by atoms with Gasteiger partial charge in [0.15, 0.2) is 0 Å². The van der Waals surface area contributed by atoms with Gasteiger partial charge in [-0.05, 0) is 24.7 Å². The molecule has 0 bridgehead atoms. The minimum absolute atomic E-state index is 0.0479. The molecule has 0 saturated heterocycles. The largest absolute Gasteiger partial charge is 0.481 e. The quantitative estimate of drug-likeness (QED) is 0.143. The Morgan fingerprint density at radius 2 is 1.27 bits per heavy atom. The van der Waals surface area contributed by atoms with Gasteiger partial charge in [0.25, 0.3) is 0 Å². The van der Waals surface area contributed by atoms with Gasteiger partial charge in [-0.1, -0.05) is 27.7 Å². The molecule has 4 atom stereocenters. The predicted octanol–water partition coefficient (Wildman–Crippen LogP) is -1.70. The van der Waals surface area contributed by atoms with Crippen molar-refractivity contribution in [2.75, 3.05) is 0 Å². The maximum atomic E-state index is 12.8. The van der Waals surface area contributed by atoms with Crippen molar-refractivity contribution in [3.05, 3.63) is 0 Å². The molecule has 0 heterocycles. The number of nitrogens with one attached hydrogen (secondary N) is 3. The molecule has 0 aromatic rings. The topological polar surface area (TPSA) is 231 Å². The van der Waals surface area contributed by atoms with Crippen molar-refractivity contribution in [1.82, 2.24) is 16.0 Å². The van der Waals surface area contributed by atoms with Crippen LogP contribution in [-0.4, -0.2) is 69.9 Å². The summed E-state index contributed by atoms with van der Waals surface area (Å²) in [5.74, 6) is -6.39. The molecule has 0 saturated carbocycles. The van der Waals surface area contributed by atoms with Crippen LogP contribution in [0.4, 0.5) is 0 Å². The Balaban J connectivity index is 5.54. The molecule has 0 aromatic heterocycles. The van der Waals surface area contributed by atoms with Gasteiger partial charge in [-0.25, -0.2) is 4.79 Å². The van der Waals surface area contributed by atoms with Crippen LogP contribution in [0.5, 0.6) is 0 Å². The first-order valence-electron chi connectivity index (χ1n) is 10.5. The van der Waals surface area contributed by atoms with Crippen LogP contribution in [0.25, 0.3) is 0 Å². The van der Waals surface area contributed by atoms with Crippen LogP contribution < -0.4 is 27.4 Å². The molecule has 4 amide bonds. The Morgan fingerprint density at radius 3 is 1.70 bits per heavy atom. The van der Waals surface area contributed by atoms with Crippen molar-refractivity contribution in [2.24, 2.45) is 23.3 Å². The Labute approximate surface area is 192 Å². The van der Waals surface area contributed by atoms with E-state index in [-0.39, 0.29) is 31.1 Å². The fourth-order valence-corrected chi connectivity index (χ4v) is 2.75. The van der Waals surface area contributed by atoms with E-state index in [4.69, 9.17) is 16.6 Å². The van der Waals surface area contributed by atoms with Crippen LogP contribution in [0.1, 0.15) is 53.4 Å². The molecule has 4 unspecified atom stereocenters. The van der Waals surface area contributed by atoms with Gasteiger partial charge in [0.2, 0.25) is 23.6 Å². The van der Waals surface area contributed by atoms with Crippen LogP contribution in [0.3, 0.4) is 0 Å². The molecule has 0 aromatic carbocycles. The van der Waals surface area contributed by atoms with Crippen LogP contribution in [-0.2, 0) is 28.8 Å². The first kappa shape index (κ1) is 29.8. The number of amides is 4. The Kier molecular flexibility index (Phi) is 12.7. The van der Waals surface area contributed by atoms with Gasteiger partial charge in [-0.3, -0.25) is 24.0 Å².